The maximum absolute atomic E-state index is 12.7. The van der Waals surface area contributed by atoms with Gasteiger partial charge in [-0.05, 0) is 62.0 Å². The Bertz CT molecular complexity index is 1120. The molecule has 1 atom stereocenters. The van der Waals surface area contributed by atoms with Gasteiger partial charge in [0.15, 0.2) is 0 Å². The molecule has 0 bridgehead atoms. The van der Waals surface area contributed by atoms with Crippen molar-refractivity contribution >= 4 is 51.9 Å². The number of carbonyl (C=O) groups is 2. The van der Waals surface area contributed by atoms with E-state index in [1.807, 2.05) is 66.4 Å². The van der Waals surface area contributed by atoms with Gasteiger partial charge in [-0.25, -0.2) is 14.6 Å². The lowest BCUT2D eigenvalue weighted by atomic mass is 10.2. The van der Waals surface area contributed by atoms with Crippen LogP contribution in [0.5, 0.6) is 5.75 Å². The highest BCUT2D eigenvalue weighted by atomic mass is 32.2. The molecular weight excluding hydrogens is 462 g/mol. The molecule has 0 aromatic heterocycles. The lowest BCUT2D eigenvalue weighted by Gasteiger charge is -2.41. The first-order chi connectivity index (χ1) is 15.9. The zero-order valence-corrected chi connectivity index (χ0v) is 20.2. The summed E-state index contributed by atoms with van der Waals surface area (Å²) in [5.41, 5.74) is 2.26. The van der Waals surface area contributed by atoms with E-state index in [1.165, 1.54) is 30.6 Å². The summed E-state index contributed by atoms with van der Waals surface area (Å²) in [6.45, 7) is 3.83. The van der Waals surface area contributed by atoms with E-state index in [1.54, 1.807) is 19.0 Å². The molecule has 33 heavy (non-hydrogen) atoms. The summed E-state index contributed by atoms with van der Waals surface area (Å²) in [7, 11) is 2.95. The molecular formula is C23H23N3O5S2. The van der Waals surface area contributed by atoms with Gasteiger partial charge in [-0.1, -0.05) is 30.0 Å². The molecule has 1 unspecified atom stereocenters. The summed E-state index contributed by atoms with van der Waals surface area (Å²) in [5, 5.41) is 6.58. The third-order valence-corrected chi connectivity index (χ3v) is 7.87. The second kappa shape index (κ2) is 9.40. The Morgan fingerprint density at radius 3 is 2.27 bits per heavy atom. The standard InChI is InChI=1S/C23H23N3O5S2/c1-5-31-22(28)20-24-26(17-11-13-18(29-3)14-12-17)23(33-20)25(16-9-7-6-8-10-16)15(2)19(32-23)21(27)30-4/h6-14H,5H2,1-4H3. The molecule has 0 fully saturated rings. The predicted molar refractivity (Wildman–Crippen MR) is 131 cm³/mol. The van der Waals surface area contributed by atoms with Crippen molar-refractivity contribution in [2.75, 3.05) is 30.7 Å². The van der Waals surface area contributed by atoms with Gasteiger partial charge in [-0.3, -0.25) is 0 Å². The Kier molecular flexibility index (Phi) is 6.57. The number of hydrazone groups is 1. The van der Waals surface area contributed by atoms with Crippen LogP contribution in [0.4, 0.5) is 11.4 Å². The number of methoxy groups -OCH3 is 2. The number of thioether (sulfide) groups is 2. The van der Waals surface area contributed by atoms with Crippen LogP contribution in [0.1, 0.15) is 13.8 Å². The normalized spacial score (nSPS) is 19.7. The topological polar surface area (TPSA) is 80.7 Å². The first kappa shape index (κ1) is 23.1. The second-order valence-corrected chi connectivity index (χ2v) is 9.57. The van der Waals surface area contributed by atoms with E-state index in [-0.39, 0.29) is 11.7 Å². The quantitative estimate of drug-likeness (QED) is 0.553. The number of esters is 2. The minimum Gasteiger partial charge on any atom is -0.497 e. The largest absolute Gasteiger partial charge is 0.497 e. The lowest BCUT2D eigenvalue weighted by Crippen LogP contribution is -2.49. The van der Waals surface area contributed by atoms with Gasteiger partial charge in [0.25, 0.3) is 0 Å². The molecule has 0 aliphatic carbocycles. The number of hydrogen-bond donors (Lipinski definition) is 0. The fourth-order valence-electron chi connectivity index (χ4n) is 3.55. The average Bonchev–Trinajstić information content (AvgIpc) is 3.37. The van der Waals surface area contributed by atoms with Gasteiger partial charge >= 0.3 is 11.9 Å². The van der Waals surface area contributed by atoms with Crippen LogP contribution in [0.25, 0.3) is 0 Å². The van der Waals surface area contributed by atoms with Crippen LogP contribution in [0.2, 0.25) is 0 Å². The molecule has 4 rings (SSSR count). The number of nitrogens with zero attached hydrogens (tertiary/aromatic N) is 3. The van der Waals surface area contributed by atoms with E-state index in [0.29, 0.717) is 16.4 Å². The first-order valence-electron chi connectivity index (χ1n) is 10.2. The molecule has 0 saturated heterocycles. The molecule has 2 aliphatic heterocycles. The van der Waals surface area contributed by atoms with Crippen molar-refractivity contribution in [1.29, 1.82) is 0 Å². The molecule has 10 heteroatoms. The van der Waals surface area contributed by atoms with Crippen molar-refractivity contribution in [3.63, 3.8) is 0 Å². The van der Waals surface area contributed by atoms with Gasteiger partial charge in [-0.2, -0.15) is 5.10 Å². The van der Waals surface area contributed by atoms with Crippen LogP contribution in [0.15, 0.2) is 70.3 Å². The van der Waals surface area contributed by atoms with E-state index < -0.39 is 16.3 Å². The van der Waals surface area contributed by atoms with E-state index >= 15 is 0 Å². The fraction of sp³-hybridized carbons (Fsp3) is 0.261. The number of ether oxygens (including phenoxy) is 3. The molecule has 1 spiro atoms. The lowest BCUT2D eigenvalue weighted by molar-refractivity contribution is -0.135. The SMILES string of the molecule is CCOC(=O)C1=NN(c2ccc(OC)cc2)C2(S1)SC(C(=O)OC)=C(C)N2c1ccccc1. The minimum atomic E-state index is -1.02. The van der Waals surface area contributed by atoms with E-state index in [2.05, 4.69) is 5.10 Å². The van der Waals surface area contributed by atoms with E-state index in [9.17, 15) is 9.59 Å². The summed E-state index contributed by atoms with van der Waals surface area (Å²) in [6.07, 6.45) is 0. The van der Waals surface area contributed by atoms with Crippen LogP contribution < -0.4 is 14.6 Å². The minimum absolute atomic E-state index is 0.194. The molecule has 2 aliphatic rings. The Hall–Kier alpha value is -3.11. The van der Waals surface area contributed by atoms with Crippen molar-refractivity contribution in [1.82, 2.24) is 0 Å². The number of hydrogen-bond acceptors (Lipinski definition) is 10. The Balaban J connectivity index is 1.88. The van der Waals surface area contributed by atoms with E-state index in [4.69, 9.17) is 14.2 Å². The van der Waals surface area contributed by atoms with Gasteiger partial charge in [0.1, 0.15) is 10.7 Å². The molecule has 8 nitrogen and oxygen atoms in total. The maximum Gasteiger partial charge on any atom is 0.365 e. The summed E-state index contributed by atoms with van der Waals surface area (Å²) in [5.74, 6) is -0.274. The Morgan fingerprint density at radius 1 is 0.970 bits per heavy atom. The summed E-state index contributed by atoms with van der Waals surface area (Å²) in [6, 6.07) is 17.0. The fourth-order valence-corrected chi connectivity index (χ4v) is 6.52. The molecule has 172 valence electrons. The average molecular weight is 486 g/mol. The zero-order chi connectivity index (χ0) is 23.6. The number of carbonyl (C=O) groups excluding carboxylic acids is 2. The highest BCUT2D eigenvalue weighted by molar-refractivity contribution is 8.29. The molecule has 0 N–H and O–H groups in total. The van der Waals surface area contributed by atoms with Crippen molar-refractivity contribution in [2.45, 2.75) is 18.2 Å². The number of para-hydroxylation sites is 1. The maximum atomic E-state index is 12.7. The van der Waals surface area contributed by atoms with Crippen LogP contribution in [0, 0.1) is 0 Å². The second-order valence-electron chi connectivity index (χ2n) is 6.97. The molecule has 2 aromatic rings. The molecule has 2 aromatic carbocycles. The van der Waals surface area contributed by atoms with Gasteiger partial charge in [0.2, 0.25) is 9.37 Å². The number of benzene rings is 2. The summed E-state index contributed by atoms with van der Waals surface area (Å²) >= 11 is 2.51. The molecule has 0 saturated carbocycles. The predicted octanol–water partition coefficient (Wildman–Crippen LogP) is 4.39. The summed E-state index contributed by atoms with van der Waals surface area (Å²) < 4.78 is 14.6. The van der Waals surface area contributed by atoms with Crippen molar-refractivity contribution in [3.05, 3.63) is 65.2 Å². The highest BCUT2D eigenvalue weighted by Crippen LogP contribution is 2.60. The Labute approximate surface area is 200 Å². The van der Waals surface area contributed by atoms with Crippen molar-refractivity contribution in [2.24, 2.45) is 5.10 Å². The smallest absolute Gasteiger partial charge is 0.365 e. The number of allylic oxidation sites excluding steroid dienone is 1. The van der Waals surface area contributed by atoms with Gasteiger partial charge < -0.3 is 19.1 Å². The van der Waals surface area contributed by atoms with Gasteiger partial charge in [-0.15, -0.1) is 0 Å². The summed E-state index contributed by atoms with van der Waals surface area (Å²) in [4.78, 5) is 27.8. The molecule has 2 heterocycles. The highest BCUT2D eigenvalue weighted by Gasteiger charge is 2.58. The Morgan fingerprint density at radius 2 is 1.67 bits per heavy atom. The number of anilines is 2. The van der Waals surface area contributed by atoms with Crippen LogP contribution >= 0.6 is 23.5 Å². The van der Waals surface area contributed by atoms with Gasteiger partial charge in [0.05, 0.1) is 26.5 Å². The number of rotatable bonds is 6. The van der Waals surface area contributed by atoms with Crippen LogP contribution in [-0.4, -0.2) is 42.1 Å². The third-order valence-electron chi connectivity index (χ3n) is 5.02. The van der Waals surface area contributed by atoms with Crippen molar-refractivity contribution in [3.8, 4) is 5.75 Å². The van der Waals surface area contributed by atoms with Crippen LogP contribution in [0.3, 0.4) is 0 Å². The zero-order valence-electron chi connectivity index (χ0n) is 18.6. The molecule has 0 radical (unpaired) electrons. The van der Waals surface area contributed by atoms with Crippen molar-refractivity contribution < 1.29 is 23.8 Å². The monoisotopic (exact) mass is 485 g/mol. The first-order valence-corrected chi connectivity index (χ1v) is 11.8. The third kappa shape index (κ3) is 4.04. The van der Waals surface area contributed by atoms with Gasteiger partial charge in [0, 0.05) is 11.4 Å². The molecule has 0 amide bonds. The van der Waals surface area contributed by atoms with E-state index in [0.717, 1.165) is 11.4 Å². The van der Waals surface area contributed by atoms with Crippen LogP contribution in [-0.2, 0) is 19.1 Å².